The van der Waals surface area contributed by atoms with Crippen molar-refractivity contribution in [3.05, 3.63) is 28.8 Å². The lowest BCUT2D eigenvalue weighted by Crippen LogP contribution is -2.30. The zero-order valence-corrected chi connectivity index (χ0v) is 13.6. The highest BCUT2D eigenvalue weighted by atomic mass is 35.5. The van der Waals surface area contributed by atoms with E-state index in [0.29, 0.717) is 12.1 Å². The molecule has 1 unspecified atom stereocenters. The maximum atomic E-state index is 6.44. The minimum Gasteiger partial charge on any atom is -0.369 e. The third kappa shape index (κ3) is 4.39. The largest absolute Gasteiger partial charge is 0.369 e. The molecule has 1 aromatic carbocycles. The van der Waals surface area contributed by atoms with Gasteiger partial charge in [0.15, 0.2) is 0 Å². The van der Waals surface area contributed by atoms with Crippen molar-refractivity contribution in [1.82, 2.24) is 5.32 Å². The number of nitrogens with zero attached hydrogens (tertiary/aromatic N) is 1. The van der Waals surface area contributed by atoms with Crippen molar-refractivity contribution in [2.75, 3.05) is 18.0 Å². The van der Waals surface area contributed by atoms with Crippen LogP contribution < -0.4 is 10.2 Å². The van der Waals surface area contributed by atoms with E-state index in [2.05, 4.69) is 63.0 Å². The number of benzene rings is 1. The number of rotatable bonds is 7. The predicted molar refractivity (Wildman–Crippen MR) is 86.3 cm³/mol. The topological polar surface area (TPSA) is 15.3 Å². The van der Waals surface area contributed by atoms with Crippen LogP contribution in [0, 0.1) is 0 Å². The molecule has 1 rings (SSSR count). The van der Waals surface area contributed by atoms with Crippen LogP contribution in [0.3, 0.4) is 0 Å². The monoisotopic (exact) mass is 282 g/mol. The number of nitrogens with one attached hydrogen (secondary N) is 1. The Balaban J connectivity index is 2.90. The van der Waals surface area contributed by atoms with Gasteiger partial charge >= 0.3 is 0 Å². The first-order valence-electron chi connectivity index (χ1n) is 7.30. The van der Waals surface area contributed by atoms with Crippen molar-refractivity contribution < 1.29 is 0 Å². The van der Waals surface area contributed by atoms with E-state index in [4.69, 9.17) is 11.6 Å². The van der Waals surface area contributed by atoms with Crippen molar-refractivity contribution in [1.29, 1.82) is 0 Å². The minimum absolute atomic E-state index is 0.302. The second-order valence-corrected chi connectivity index (χ2v) is 5.67. The van der Waals surface area contributed by atoms with Gasteiger partial charge in [-0.2, -0.15) is 0 Å². The van der Waals surface area contributed by atoms with Crippen molar-refractivity contribution in [2.45, 2.75) is 53.1 Å². The van der Waals surface area contributed by atoms with Crippen LogP contribution in [0.5, 0.6) is 0 Å². The molecule has 0 bridgehead atoms. The zero-order chi connectivity index (χ0) is 14.4. The molecule has 1 atom stereocenters. The third-order valence-electron chi connectivity index (χ3n) is 3.45. The summed E-state index contributed by atoms with van der Waals surface area (Å²) in [6.07, 6.45) is 1.14. The van der Waals surface area contributed by atoms with Crippen molar-refractivity contribution in [2.24, 2.45) is 0 Å². The molecule has 19 heavy (non-hydrogen) atoms. The molecule has 1 aromatic rings. The molecular weight excluding hydrogens is 256 g/mol. The van der Waals surface area contributed by atoms with Crippen LogP contribution in [-0.4, -0.2) is 19.1 Å². The molecule has 0 fully saturated rings. The Morgan fingerprint density at radius 3 is 2.37 bits per heavy atom. The Hall–Kier alpha value is -0.730. The van der Waals surface area contributed by atoms with E-state index in [-0.39, 0.29) is 0 Å². The summed E-state index contributed by atoms with van der Waals surface area (Å²) in [5.41, 5.74) is 2.38. The summed E-state index contributed by atoms with van der Waals surface area (Å²) in [5.74, 6) is 0. The first-order chi connectivity index (χ1) is 9.01. The molecular formula is C16H27ClN2. The highest BCUT2D eigenvalue weighted by Gasteiger charge is 2.13. The molecule has 108 valence electrons. The number of halogens is 1. The van der Waals surface area contributed by atoms with Gasteiger partial charge in [-0.15, -0.1) is 0 Å². The van der Waals surface area contributed by atoms with Gasteiger partial charge in [-0.25, -0.2) is 0 Å². The van der Waals surface area contributed by atoms with E-state index in [9.17, 15) is 0 Å². The van der Waals surface area contributed by atoms with Gasteiger partial charge in [-0.3, -0.25) is 0 Å². The Morgan fingerprint density at radius 2 is 1.89 bits per heavy atom. The van der Waals surface area contributed by atoms with Crippen LogP contribution in [0.1, 0.15) is 52.6 Å². The molecule has 0 heterocycles. The zero-order valence-electron chi connectivity index (χ0n) is 12.8. The molecule has 0 amide bonds. The van der Waals surface area contributed by atoms with Crippen molar-refractivity contribution >= 4 is 17.3 Å². The Labute approximate surface area is 123 Å². The van der Waals surface area contributed by atoms with Gasteiger partial charge in [0.1, 0.15) is 0 Å². The summed E-state index contributed by atoms with van der Waals surface area (Å²) >= 11 is 6.44. The summed E-state index contributed by atoms with van der Waals surface area (Å²) < 4.78 is 0. The summed E-state index contributed by atoms with van der Waals surface area (Å²) in [6.45, 7) is 12.9. The fraction of sp³-hybridized carbons (Fsp3) is 0.625. The predicted octanol–water partition coefficient (Wildman–Crippen LogP) is 4.64. The van der Waals surface area contributed by atoms with Crippen LogP contribution in [0.4, 0.5) is 5.69 Å². The molecule has 0 saturated carbocycles. The summed E-state index contributed by atoms with van der Waals surface area (Å²) in [7, 11) is 0. The minimum atomic E-state index is 0.302. The van der Waals surface area contributed by atoms with E-state index in [0.717, 1.165) is 24.5 Å². The molecule has 0 spiro atoms. The second-order valence-electron chi connectivity index (χ2n) is 5.26. The second kappa shape index (κ2) is 7.76. The van der Waals surface area contributed by atoms with Crippen molar-refractivity contribution in [3.8, 4) is 0 Å². The van der Waals surface area contributed by atoms with Gasteiger partial charge < -0.3 is 10.2 Å². The van der Waals surface area contributed by atoms with Crippen LogP contribution in [0.25, 0.3) is 0 Å². The lowest BCUT2D eigenvalue weighted by atomic mass is 10.1. The van der Waals surface area contributed by atoms with Crippen LogP contribution in [0.2, 0.25) is 5.02 Å². The standard InChI is InChI=1S/C16H27ClN2/c1-6-10-18-13(5)15-9-8-14(11-16(15)17)19(7-2)12(3)4/h8-9,11-13,18H,6-7,10H2,1-5H3. The van der Waals surface area contributed by atoms with Crippen LogP contribution >= 0.6 is 11.6 Å². The fourth-order valence-electron chi connectivity index (χ4n) is 2.36. The van der Waals surface area contributed by atoms with Crippen molar-refractivity contribution in [3.63, 3.8) is 0 Å². The smallest absolute Gasteiger partial charge is 0.0474 e. The fourth-order valence-corrected chi connectivity index (χ4v) is 2.70. The van der Waals surface area contributed by atoms with E-state index in [1.54, 1.807) is 0 Å². The number of hydrogen-bond donors (Lipinski definition) is 1. The first kappa shape index (κ1) is 16.3. The first-order valence-corrected chi connectivity index (χ1v) is 7.68. The average Bonchev–Trinajstić information content (AvgIpc) is 2.36. The highest BCUT2D eigenvalue weighted by Crippen LogP contribution is 2.28. The Bertz CT molecular complexity index is 390. The normalized spacial score (nSPS) is 12.8. The molecule has 1 N–H and O–H groups in total. The molecule has 2 nitrogen and oxygen atoms in total. The van der Waals surface area contributed by atoms with Crippen LogP contribution in [-0.2, 0) is 0 Å². The highest BCUT2D eigenvalue weighted by molar-refractivity contribution is 6.31. The summed E-state index contributed by atoms with van der Waals surface area (Å²) in [6, 6.07) is 7.20. The molecule has 0 aliphatic carbocycles. The molecule has 3 heteroatoms. The quantitative estimate of drug-likeness (QED) is 0.784. The summed E-state index contributed by atoms with van der Waals surface area (Å²) in [5, 5.41) is 4.33. The SMILES string of the molecule is CCCNC(C)c1ccc(N(CC)C(C)C)cc1Cl. The molecule has 0 radical (unpaired) electrons. The lowest BCUT2D eigenvalue weighted by Gasteiger charge is -2.28. The number of hydrogen-bond acceptors (Lipinski definition) is 2. The lowest BCUT2D eigenvalue weighted by molar-refractivity contribution is 0.571. The maximum absolute atomic E-state index is 6.44. The van der Waals surface area contributed by atoms with E-state index in [1.165, 1.54) is 11.3 Å². The third-order valence-corrected chi connectivity index (χ3v) is 3.77. The van der Waals surface area contributed by atoms with Gasteiger partial charge in [0, 0.05) is 29.3 Å². The van der Waals surface area contributed by atoms with Gasteiger partial charge in [0.05, 0.1) is 0 Å². The Morgan fingerprint density at radius 1 is 1.21 bits per heavy atom. The van der Waals surface area contributed by atoms with E-state index in [1.807, 2.05) is 0 Å². The molecule has 0 aliphatic heterocycles. The average molecular weight is 283 g/mol. The molecule has 0 aromatic heterocycles. The Kier molecular flexibility index (Phi) is 6.67. The van der Waals surface area contributed by atoms with Gasteiger partial charge in [-0.05, 0) is 58.4 Å². The molecule has 0 aliphatic rings. The van der Waals surface area contributed by atoms with Crippen LogP contribution in [0.15, 0.2) is 18.2 Å². The van der Waals surface area contributed by atoms with E-state index < -0.39 is 0 Å². The number of anilines is 1. The maximum Gasteiger partial charge on any atom is 0.0474 e. The summed E-state index contributed by atoms with van der Waals surface area (Å²) in [4.78, 5) is 2.35. The van der Waals surface area contributed by atoms with E-state index >= 15 is 0 Å². The van der Waals surface area contributed by atoms with Gasteiger partial charge in [0.2, 0.25) is 0 Å². The van der Waals surface area contributed by atoms with Gasteiger partial charge in [0.25, 0.3) is 0 Å². The molecule has 0 saturated heterocycles. The van der Waals surface area contributed by atoms with Gasteiger partial charge in [-0.1, -0.05) is 24.6 Å².